The third kappa shape index (κ3) is 5.72. The lowest BCUT2D eigenvalue weighted by molar-refractivity contribution is 0.0963. The van der Waals surface area contributed by atoms with Gasteiger partial charge in [-0.3, -0.25) is 20.5 Å². The molecule has 1 unspecified atom stereocenters. The topological polar surface area (TPSA) is 65.6 Å². The molecule has 30 heavy (non-hydrogen) atoms. The van der Waals surface area contributed by atoms with Crippen LogP contribution in [-0.2, 0) is 0 Å². The highest BCUT2D eigenvalue weighted by molar-refractivity contribution is 5.94. The number of nitrogens with zero attached hydrogens (tertiary/aromatic N) is 1. The van der Waals surface area contributed by atoms with Gasteiger partial charge in [-0.2, -0.15) is 0 Å². The molecule has 1 aromatic rings. The SMILES string of the molecule is CNC(=O)c1ccc(OCCN2CCC(NN[C@@H]3CC3C3=CCCC=C3)CC2)cc1. The number of carbonyl (C=O) groups is 1. The maximum absolute atomic E-state index is 11.6. The second-order valence-electron chi connectivity index (χ2n) is 8.49. The summed E-state index contributed by atoms with van der Waals surface area (Å²) >= 11 is 0. The van der Waals surface area contributed by atoms with Crippen molar-refractivity contribution in [2.75, 3.05) is 33.3 Å². The summed E-state index contributed by atoms with van der Waals surface area (Å²) in [5.41, 5.74) is 9.33. The largest absolute Gasteiger partial charge is 0.492 e. The van der Waals surface area contributed by atoms with Crippen molar-refractivity contribution in [3.63, 3.8) is 0 Å². The van der Waals surface area contributed by atoms with E-state index in [1.807, 2.05) is 12.1 Å². The van der Waals surface area contributed by atoms with Crippen molar-refractivity contribution in [3.8, 4) is 5.75 Å². The summed E-state index contributed by atoms with van der Waals surface area (Å²) in [5, 5.41) is 2.62. The van der Waals surface area contributed by atoms with Gasteiger partial charge in [-0.05, 0) is 75.0 Å². The Labute approximate surface area is 179 Å². The van der Waals surface area contributed by atoms with Crippen molar-refractivity contribution in [3.05, 3.63) is 53.6 Å². The number of hydrogen-bond donors (Lipinski definition) is 3. The van der Waals surface area contributed by atoms with Crippen LogP contribution in [0.3, 0.4) is 0 Å². The minimum absolute atomic E-state index is 0.0763. The van der Waals surface area contributed by atoms with Gasteiger partial charge in [0.05, 0.1) is 0 Å². The summed E-state index contributed by atoms with van der Waals surface area (Å²) in [6, 6.07) is 8.46. The molecule has 2 atom stereocenters. The third-order valence-electron chi connectivity index (χ3n) is 6.32. The summed E-state index contributed by atoms with van der Waals surface area (Å²) in [4.78, 5) is 14.0. The number of carbonyl (C=O) groups excluding carboxylic acids is 1. The average molecular weight is 411 g/mol. The lowest BCUT2D eigenvalue weighted by Gasteiger charge is -2.32. The second kappa shape index (κ2) is 10.2. The zero-order valence-corrected chi connectivity index (χ0v) is 17.9. The molecule has 0 bridgehead atoms. The maximum Gasteiger partial charge on any atom is 0.251 e. The van der Waals surface area contributed by atoms with Gasteiger partial charge in [0.2, 0.25) is 0 Å². The zero-order valence-electron chi connectivity index (χ0n) is 17.9. The van der Waals surface area contributed by atoms with Crippen molar-refractivity contribution in [2.24, 2.45) is 5.92 Å². The van der Waals surface area contributed by atoms with E-state index in [1.165, 1.54) is 24.8 Å². The van der Waals surface area contributed by atoms with Gasteiger partial charge in [0, 0.05) is 37.2 Å². The van der Waals surface area contributed by atoms with Gasteiger partial charge in [-0.15, -0.1) is 0 Å². The van der Waals surface area contributed by atoms with E-state index in [-0.39, 0.29) is 5.91 Å². The molecule has 1 aliphatic heterocycles. The van der Waals surface area contributed by atoms with Crippen LogP contribution in [-0.4, -0.2) is 56.2 Å². The van der Waals surface area contributed by atoms with Crippen molar-refractivity contribution in [2.45, 2.75) is 44.2 Å². The lowest BCUT2D eigenvalue weighted by atomic mass is 10.0. The smallest absolute Gasteiger partial charge is 0.251 e. The second-order valence-corrected chi connectivity index (χ2v) is 8.49. The molecule has 162 valence electrons. The van der Waals surface area contributed by atoms with E-state index < -0.39 is 0 Å². The first-order chi connectivity index (χ1) is 14.7. The van der Waals surface area contributed by atoms with Crippen LogP contribution in [0.15, 0.2) is 48.1 Å². The van der Waals surface area contributed by atoms with Crippen molar-refractivity contribution in [1.82, 2.24) is 21.1 Å². The van der Waals surface area contributed by atoms with E-state index in [1.54, 1.807) is 19.2 Å². The molecule has 4 rings (SSSR count). The van der Waals surface area contributed by atoms with E-state index in [9.17, 15) is 4.79 Å². The van der Waals surface area contributed by atoms with E-state index >= 15 is 0 Å². The monoisotopic (exact) mass is 410 g/mol. The molecule has 3 N–H and O–H groups in total. The number of nitrogens with one attached hydrogen (secondary N) is 3. The molecule has 1 aromatic carbocycles. The summed E-state index contributed by atoms with van der Waals surface area (Å²) in [5.74, 6) is 1.44. The van der Waals surface area contributed by atoms with Crippen molar-refractivity contribution >= 4 is 5.91 Å². The van der Waals surface area contributed by atoms with Crippen LogP contribution in [0.4, 0.5) is 0 Å². The minimum Gasteiger partial charge on any atom is -0.492 e. The summed E-state index contributed by atoms with van der Waals surface area (Å²) in [6.45, 7) is 3.80. The van der Waals surface area contributed by atoms with Crippen LogP contribution in [0.1, 0.15) is 42.5 Å². The molecule has 0 radical (unpaired) electrons. The molecular weight excluding hydrogens is 376 g/mol. The fourth-order valence-corrected chi connectivity index (χ4v) is 4.30. The van der Waals surface area contributed by atoms with Crippen LogP contribution < -0.4 is 20.9 Å². The number of piperidine rings is 1. The molecule has 0 aromatic heterocycles. The Morgan fingerprint density at radius 3 is 2.63 bits per heavy atom. The number of allylic oxidation sites excluding steroid dienone is 3. The van der Waals surface area contributed by atoms with E-state index in [0.29, 0.717) is 30.2 Å². The van der Waals surface area contributed by atoms with Gasteiger partial charge >= 0.3 is 0 Å². The van der Waals surface area contributed by atoms with Crippen LogP contribution in [0.2, 0.25) is 0 Å². The Balaban J connectivity index is 1.08. The fourth-order valence-electron chi connectivity index (χ4n) is 4.30. The maximum atomic E-state index is 11.6. The van der Waals surface area contributed by atoms with Crippen LogP contribution in [0.5, 0.6) is 5.75 Å². The van der Waals surface area contributed by atoms with Crippen LogP contribution >= 0.6 is 0 Å². The molecule has 1 saturated carbocycles. The Hall–Kier alpha value is -2.15. The van der Waals surface area contributed by atoms with E-state index in [0.717, 1.165) is 38.2 Å². The Morgan fingerprint density at radius 1 is 1.13 bits per heavy atom. The normalized spacial score (nSPS) is 24.4. The number of amides is 1. The molecule has 6 heteroatoms. The predicted molar refractivity (Wildman–Crippen MR) is 119 cm³/mol. The molecule has 1 saturated heterocycles. The highest BCUT2D eigenvalue weighted by Crippen LogP contribution is 2.39. The number of benzene rings is 1. The Bertz CT molecular complexity index is 766. The van der Waals surface area contributed by atoms with Crippen LogP contribution in [0, 0.1) is 5.92 Å². The predicted octanol–water partition coefficient (Wildman–Crippen LogP) is 2.65. The average Bonchev–Trinajstić information content (AvgIpc) is 3.59. The molecule has 2 fully saturated rings. The molecule has 6 nitrogen and oxygen atoms in total. The molecule has 3 aliphatic rings. The number of likely N-dealkylation sites (tertiary alicyclic amines) is 1. The van der Waals surface area contributed by atoms with E-state index in [2.05, 4.69) is 39.3 Å². The van der Waals surface area contributed by atoms with Gasteiger partial charge < -0.3 is 10.1 Å². The van der Waals surface area contributed by atoms with Gasteiger partial charge in [0.1, 0.15) is 12.4 Å². The molecule has 2 aliphatic carbocycles. The standard InChI is InChI=1S/C24H34N4O2/c1-25-24(29)19-7-9-21(10-8-19)30-16-15-28-13-11-20(12-14-28)26-27-23-17-22(23)18-5-3-2-4-6-18/h3,5-10,20,22-23,26-27H,2,4,11-17H2,1H3,(H,25,29)/t22?,23-/m1/s1. The lowest BCUT2D eigenvalue weighted by Crippen LogP contribution is -2.49. The fraction of sp³-hybridized carbons (Fsp3) is 0.542. The molecular formula is C24H34N4O2. The first kappa shape index (κ1) is 21.1. The zero-order chi connectivity index (χ0) is 20.8. The quantitative estimate of drug-likeness (QED) is 0.546. The first-order valence-electron chi connectivity index (χ1n) is 11.3. The molecule has 1 heterocycles. The first-order valence-corrected chi connectivity index (χ1v) is 11.3. The summed E-state index contributed by atoms with van der Waals surface area (Å²) in [7, 11) is 1.64. The van der Waals surface area contributed by atoms with Crippen LogP contribution in [0.25, 0.3) is 0 Å². The third-order valence-corrected chi connectivity index (χ3v) is 6.32. The van der Waals surface area contributed by atoms with Gasteiger partial charge in [0.25, 0.3) is 5.91 Å². The number of hydrazine groups is 1. The van der Waals surface area contributed by atoms with Crippen molar-refractivity contribution in [1.29, 1.82) is 0 Å². The number of ether oxygens (including phenoxy) is 1. The van der Waals surface area contributed by atoms with Gasteiger partial charge in [0.15, 0.2) is 0 Å². The highest BCUT2D eigenvalue weighted by Gasteiger charge is 2.39. The van der Waals surface area contributed by atoms with Gasteiger partial charge in [-0.25, -0.2) is 0 Å². The van der Waals surface area contributed by atoms with E-state index in [4.69, 9.17) is 4.74 Å². The molecule has 1 amide bonds. The summed E-state index contributed by atoms with van der Waals surface area (Å²) in [6.07, 6.45) is 13.0. The number of hydrogen-bond acceptors (Lipinski definition) is 5. The molecule has 0 spiro atoms. The Kier molecular flexibility index (Phi) is 7.20. The number of rotatable bonds is 9. The van der Waals surface area contributed by atoms with Crippen molar-refractivity contribution < 1.29 is 9.53 Å². The minimum atomic E-state index is -0.0763. The summed E-state index contributed by atoms with van der Waals surface area (Å²) < 4.78 is 5.85. The highest BCUT2D eigenvalue weighted by atomic mass is 16.5. The Morgan fingerprint density at radius 2 is 1.93 bits per heavy atom. The van der Waals surface area contributed by atoms with Gasteiger partial charge in [-0.1, -0.05) is 18.2 Å².